The van der Waals surface area contributed by atoms with Crippen molar-refractivity contribution in [2.45, 2.75) is 31.6 Å². The highest BCUT2D eigenvalue weighted by atomic mass is 16.2. The molecule has 0 saturated heterocycles. The lowest BCUT2D eigenvalue weighted by Gasteiger charge is -2.23. The van der Waals surface area contributed by atoms with E-state index < -0.39 is 0 Å². The average Bonchev–Trinajstić information content (AvgIpc) is 3.24. The Balaban J connectivity index is 1.34. The van der Waals surface area contributed by atoms with Crippen LogP contribution in [0.3, 0.4) is 0 Å². The predicted molar refractivity (Wildman–Crippen MR) is 107 cm³/mol. The number of amides is 1. The lowest BCUT2D eigenvalue weighted by Crippen LogP contribution is -2.22. The molecule has 0 unspecified atom stereocenters. The van der Waals surface area contributed by atoms with Gasteiger partial charge in [-0.2, -0.15) is 10.2 Å². The molecule has 27 heavy (non-hydrogen) atoms. The summed E-state index contributed by atoms with van der Waals surface area (Å²) in [7, 11) is 0. The highest BCUT2D eigenvalue weighted by Gasteiger charge is 2.19. The van der Waals surface area contributed by atoms with Crippen molar-refractivity contribution in [1.82, 2.24) is 15.6 Å². The molecular formula is C22H22N4O. The Labute approximate surface area is 158 Å². The van der Waals surface area contributed by atoms with Gasteiger partial charge in [-0.05, 0) is 43.2 Å². The van der Waals surface area contributed by atoms with E-state index in [-0.39, 0.29) is 5.91 Å². The molecule has 4 rings (SSSR count). The van der Waals surface area contributed by atoms with Gasteiger partial charge < -0.3 is 0 Å². The molecule has 5 nitrogen and oxygen atoms in total. The van der Waals surface area contributed by atoms with Crippen LogP contribution in [-0.4, -0.2) is 21.8 Å². The number of benzene rings is 2. The first-order valence-electron chi connectivity index (χ1n) is 9.31. The van der Waals surface area contributed by atoms with Crippen LogP contribution >= 0.6 is 0 Å². The number of nitrogens with zero attached hydrogens (tertiary/aromatic N) is 2. The third-order valence-electron chi connectivity index (χ3n) is 5.04. The van der Waals surface area contributed by atoms with Crippen LogP contribution < -0.4 is 5.43 Å². The zero-order valence-corrected chi connectivity index (χ0v) is 15.1. The number of nitrogens with one attached hydrogen (secondary N) is 2. The Morgan fingerprint density at radius 2 is 1.67 bits per heavy atom. The van der Waals surface area contributed by atoms with Gasteiger partial charge in [-0.25, -0.2) is 5.43 Å². The summed E-state index contributed by atoms with van der Waals surface area (Å²) in [6.07, 6.45) is 3.97. The SMILES string of the molecule is O=C(NN=C1CCC(c2ccccc2)CC1)c1cc(-c2ccccc2)n[nH]1. The number of hydrogen-bond donors (Lipinski definition) is 2. The standard InChI is InChI=1S/C22H22N4O/c27-22(21-15-20(24-25-21)18-9-5-2-6-10-18)26-23-19-13-11-17(12-14-19)16-7-3-1-4-8-16/h1-10,15,17H,11-14H2,(H,24,25)(H,26,27). The normalized spacial score (nSPS) is 16.7. The first-order chi connectivity index (χ1) is 13.3. The molecule has 3 aromatic rings. The first kappa shape index (κ1) is 17.2. The molecule has 0 atom stereocenters. The second kappa shape index (κ2) is 7.99. The summed E-state index contributed by atoms with van der Waals surface area (Å²) >= 11 is 0. The second-order valence-corrected chi connectivity index (χ2v) is 6.84. The van der Waals surface area contributed by atoms with Crippen LogP contribution in [0.25, 0.3) is 11.3 Å². The monoisotopic (exact) mass is 358 g/mol. The average molecular weight is 358 g/mol. The van der Waals surface area contributed by atoms with E-state index in [9.17, 15) is 4.79 Å². The van der Waals surface area contributed by atoms with Gasteiger partial charge in [-0.15, -0.1) is 0 Å². The minimum atomic E-state index is -0.262. The van der Waals surface area contributed by atoms with Crippen LogP contribution in [0, 0.1) is 0 Å². The van der Waals surface area contributed by atoms with Crippen LogP contribution in [0.2, 0.25) is 0 Å². The molecule has 0 aliphatic heterocycles. The minimum absolute atomic E-state index is 0.262. The van der Waals surface area contributed by atoms with Crippen molar-refractivity contribution in [2.24, 2.45) is 5.10 Å². The molecule has 136 valence electrons. The summed E-state index contributed by atoms with van der Waals surface area (Å²) in [5, 5.41) is 11.3. The van der Waals surface area contributed by atoms with Crippen molar-refractivity contribution in [3.8, 4) is 11.3 Å². The van der Waals surface area contributed by atoms with Gasteiger partial charge in [0.2, 0.25) is 0 Å². The molecule has 1 heterocycles. The van der Waals surface area contributed by atoms with Crippen LogP contribution in [0.15, 0.2) is 71.8 Å². The van der Waals surface area contributed by atoms with Crippen molar-refractivity contribution < 1.29 is 4.79 Å². The van der Waals surface area contributed by atoms with Gasteiger partial charge in [-0.1, -0.05) is 60.7 Å². The van der Waals surface area contributed by atoms with Gasteiger partial charge in [0.05, 0.1) is 5.69 Å². The summed E-state index contributed by atoms with van der Waals surface area (Å²) in [5.74, 6) is 0.323. The molecule has 1 fully saturated rings. The number of rotatable bonds is 4. The fraction of sp³-hybridized carbons (Fsp3) is 0.227. The quantitative estimate of drug-likeness (QED) is 0.673. The largest absolute Gasteiger partial charge is 0.289 e. The van der Waals surface area contributed by atoms with E-state index in [1.807, 2.05) is 36.4 Å². The van der Waals surface area contributed by atoms with Crippen LogP contribution in [0.1, 0.15) is 47.7 Å². The smallest absolute Gasteiger partial charge is 0.272 e. The minimum Gasteiger partial charge on any atom is -0.272 e. The van der Waals surface area contributed by atoms with E-state index in [1.165, 1.54) is 5.56 Å². The Hall–Kier alpha value is -3.21. The topological polar surface area (TPSA) is 70.1 Å². The van der Waals surface area contributed by atoms with E-state index in [4.69, 9.17) is 0 Å². The zero-order chi connectivity index (χ0) is 18.5. The third kappa shape index (κ3) is 4.14. The molecule has 0 spiro atoms. The molecular weight excluding hydrogens is 336 g/mol. The fourth-order valence-corrected chi connectivity index (χ4v) is 3.51. The number of H-pyrrole nitrogens is 1. The third-order valence-corrected chi connectivity index (χ3v) is 5.04. The molecule has 1 aliphatic carbocycles. The zero-order valence-electron chi connectivity index (χ0n) is 15.1. The number of carbonyl (C=O) groups is 1. The van der Waals surface area contributed by atoms with Gasteiger partial charge in [-0.3, -0.25) is 9.89 Å². The van der Waals surface area contributed by atoms with Gasteiger partial charge in [0.1, 0.15) is 5.69 Å². The molecule has 2 aromatic carbocycles. The first-order valence-corrected chi connectivity index (χ1v) is 9.31. The van der Waals surface area contributed by atoms with Gasteiger partial charge in [0, 0.05) is 11.3 Å². The Morgan fingerprint density at radius 1 is 1.00 bits per heavy atom. The molecule has 1 aromatic heterocycles. The molecule has 2 N–H and O–H groups in total. The summed E-state index contributed by atoms with van der Waals surface area (Å²) in [6.45, 7) is 0. The van der Waals surface area contributed by atoms with Gasteiger partial charge in [0.25, 0.3) is 5.91 Å². The number of aromatic nitrogens is 2. The number of aromatic amines is 1. The summed E-state index contributed by atoms with van der Waals surface area (Å²) < 4.78 is 0. The van der Waals surface area contributed by atoms with Crippen LogP contribution in [-0.2, 0) is 0 Å². The van der Waals surface area contributed by atoms with E-state index in [1.54, 1.807) is 6.07 Å². The Kier molecular flexibility index (Phi) is 5.10. The molecule has 1 aliphatic rings. The maximum Gasteiger partial charge on any atom is 0.289 e. The van der Waals surface area contributed by atoms with Crippen LogP contribution in [0.5, 0.6) is 0 Å². The summed E-state index contributed by atoms with van der Waals surface area (Å²) in [5.41, 5.74) is 7.25. The van der Waals surface area contributed by atoms with Crippen molar-refractivity contribution in [2.75, 3.05) is 0 Å². The van der Waals surface area contributed by atoms with Gasteiger partial charge >= 0.3 is 0 Å². The van der Waals surface area contributed by atoms with Crippen molar-refractivity contribution in [1.29, 1.82) is 0 Å². The van der Waals surface area contributed by atoms with Crippen LogP contribution in [0.4, 0.5) is 0 Å². The molecule has 0 bridgehead atoms. The van der Waals surface area contributed by atoms with Crippen molar-refractivity contribution in [3.63, 3.8) is 0 Å². The molecule has 1 saturated carbocycles. The number of carbonyl (C=O) groups excluding carboxylic acids is 1. The maximum atomic E-state index is 12.3. The lowest BCUT2D eigenvalue weighted by atomic mass is 9.83. The van der Waals surface area contributed by atoms with E-state index in [2.05, 4.69) is 45.0 Å². The summed E-state index contributed by atoms with van der Waals surface area (Å²) in [4.78, 5) is 12.3. The maximum absolute atomic E-state index is 12.3. The van der Waals surface area contributed by atoms with Crippen molar-refractivity contribution in [3.05, 3.63) is 78.0 Å². The van der Waals surface area contributed by atoms with E-state index >= 15 is 0 Å². The fourth-order valence-electron chi connectivity index (χ4n) is 3.51. The number of hydrogen-bond acceptors (Lipinski definition) is 3. The Bertz CT molecular complexity index is 921. The molecule has 5 heteroatoms. The second-order valence-electron chi connectivity index (χ2n) is 6.84. The lowest BCUT2D eigenvalue weighted by molar-refractivity contribution is 0.0949. The van der Waals surface area contributed by atoms with Crippen molar-refractivity contribution >= 4 is 11.6 Å². The van der Waals surface area contributed by atoms with E-state index in [0.717, 1.165) is 42.7 Å². The molecule has 0 radical (unpaired) electrons. The highest BCUT2D eigenvalue weighted by Crippen LogP contribution is 2.31. The highest BCUT2D eigenvalue weighted by molar-refractivity contribution is 5.94. The Morgan fingerprint density at radius 3 is 2.37 bits per heavy atom. The predicted octanol–water partition coefficient (Wildman–Crippen LogP) is 4.52. The molecule has 1 amide bonds. The van der Waals surface area contributed by atoms with Gasteiger partial charge in [0.15, 0.2) is 0 Å². The summed E-state index contributed by atoms with van der Waals surface area (Å²) in [6, 6.07) is 22.1. The van der Waals surface area contributed by atoms with E-state index in [0.29, 0.717) is 11.6 Å². The number of hydrazone groups is 1.